The zero-order valence-electron chi connectivity index (χ0n) is 30.9. The van der Waals surface area contributed by atoms with E-state index in [2.05, 4.69) is 203 Å². The van der Waals surface area contributed by atoms with Gasteiger partial charge < -0.3 is 9.13 Å². The number of para-hydroxylation sites is 3. The van der Waals surface area contributed by atoms with Gasteiger partial charge in [0.2, 0.25) is 0 Å². The number of fused-ring (bicyclic) bond motifs is 15. The Labute approximate surface area is 333 Å². The van der Waals surface area contributed by atoms with Gasteiger partial charge in [0, 0.05) is 64.9 Å². The van der Waals surface area contributed by atoms with E-state index in [1.165, 1.54) is 109 Å². The summed E-state index contributed by atoms with van der Waals surface area (Å²) in [6, 6.07) is 63.4. The maximum atomic E-state index is 2.48. The fourth-order valence-electron chi connectivity index (χ4n) is 10.2. The summed E-state index contributed by atoms with van der Waals surface area (Å²) in [5.41, 5.74) is 15.3. The molecule has 0 aliphatic heterocycles. The Morgan fingerprint density at radius 3 is 1.60 bits per heavy atom. The molecule has 0 spiro atoms. The third kappa shape index (κ3) is 4.40. The van der Waals surface area contributed by atoms with Gasteiger partial charge in [-0.2, -0.15) is 0 Å². The molecule has 3 heteroatoms. The Hall–Kier alpha value is -6.94. The summed E-state index contributed by atoms with van der Waals surface area (Å²) >= 11 is 1.91. The number of hydrogen-bond acceptors (Lipinski definition) is 1. The van der Waals surface area contributed by atoms with Gasteiger partial charge in [-0.1, -0.05) is 133 Å². The molecule has 2 nitrogen and oxygen atoms in total. The highest BCUT2D eigenvalue weighted by molar-refractivity contribution is 7.26. The fourth-order valence-corrected chi connectivity index (χ4v) is 11.5. The lowest BCUT2D eigenvalue weighted by molar-refractivity contribution is 0.719. The summed E-state index contributed by atoms with van der Waals surface area (Å²) < 4.78 is 7.60. The summed E-state index contributed by atoms with van der Waals surface area (Å²) in [6.45, 7) is 0. The lowest BCUT2D eigenvalue weighted by Gasteiger charge is -2.34. The van der Waals surface area contributed by atoms with E-state index in [0.717, 1.165) is 0 Å². The van der Waals surface area contributed by atoms with Gasteiger partial charge in [-0.05, 0) is 94.0 Å². The van der Waals surface area contributed by atoms with Crippen LogP contribution in [-0.2, 0) is 0 Å². The van der Waals surface area contributed by atoms with Crippen LogP contribution in [0.15, 0.2) is 194 Å². The quantitative estimate of drug-likeness (QED) is 0.171. The van der Waals surface area contributed by atoms with Crippen molar-refractivity contribution in [1.82, 2.24) is 9.13 Å². The van der Waals surface area contributed by atoms with Crippen LogP contribution in [0.1, 0.15) is 23.0 Å². The second-order valence-electron chi connectivity index (χ2n) is 15.6. The molecule has 0 saturated carbocycles. The van der Waals surface area contributed by atoms with E-state index in [4.69, 9.17) is 0 Å². The minimum Gasteiger partial charge on any atom is -0.309 e. The predicted octanol–water partition coefficient (Wildman–Crippen LogP) is 14.9. The SMILES string of the molecule is C1=CC2c3cc(-c4cccc5c4sc4ccccc45)ccc3-c3ccc(-n4c5ccccc5c5cc(-n6c7ccccc7c7ccccc76)ccc54)cc3C2C=C1. The number of allylic oxidation sites excluding steroid dienone is 4. The first-order valence-electron chi connectivity index (χ1n) is 19.8. The van der Waals surface area contributed by atoms with Crippen molar-refractivity contribution in [3.8, 4) is 33.6 Å². The first kappa shape index (κ1) is 31.3. The Kier molecular flexibility index (Phi) is 6.47. The van der Waals surface area contributed by atoms with Crippen molar-refractivity contribution >= 4 is 75.1 Å². The van der Waals surface area contributed by atoms with Gasteiger partial charge >= 0.3 is 0 Å². The highest BCUT2D eigenvalue weighted by atomic mass is 32.1. The third-order valence-corrected chi connectivity index (χ3v) is 13.9. The van der Waals surface area contributed by atoms with Crippen LogP contribution in [0.4, 0.5) is 0 Å². The van der Waals surface area contributed by atoms with Crippen LogP contribution in [0.25, 0.3) is 97.4 Å². The van der Waals surface area contributed by atoms with Gasteiger partial charge in [0.1, 0.15) is 0 Å². The molecule has 8 aromatic carbocycles. The van der Waals surface area contributed by atoms with Crippen LogP contribution in [0.2, 0.25) is 0 Å². The molecule has 0 amide bonds. The monoisotopic (exact) mass is 742 g/mol. The van der Waals surface area contributed by atoms with Crippen molar-refractivity contribution in [3.63, 3.8) is 0 Å². The molecule has 3 heterocycles. The van der Waals surface area contributed by atoms with E-state index < -0.39 is 0 Å². The van der Waals surface area contributed by atoms with Crippen LogP contribution in [0, 0.1) is 0 Å². The molecule has 13 rings (SSSR count). The number of benzene rings is 8. The van der Waals surface area contributed by atoms with E-state index in [9.17, 15) is 0 Å². The van der Waals surface area contributed by atoms with Gasteiger partial charge in [0.25, 0.3) is 0 Å². The second kappa shape index (κ2) is 11.8. The van der Waals surface area contributed by atoms with Crippen molar-refractivity contribution in [3.05, 3.63) is 205 Å². The molecule has 2 aliphatic carbocycles. The van der Waals surface area contributed by atoms with Crippen LogP contribution in [-0.4, -0.2) is 9.13 Å². The van der Waals surface area contributed by atoms with Crippen molar-refractivity contribution < 1.29 is 0 Å². The molecule has 0 saturated heterocycles. The highest BCUT2D eigenvalue weighted by Crippen LogP contribution is 2.52. The number of rotatable bonds is 3. The minimum atomic E-state index is 0.253. The molecule has 2 unspecified atom stereocenters. The van der Waals surface area contributed by atoms with Gasteiger partial charge in [0.05, 0.1) is 22.1 Å². The first-order chi connectivity index (χ1) is 28.3. The number of nitrogens with zero attached hydrogens (tertiary/aromatic N) is 2. The third-order valence-electron chi connectivity index (χ3n) is 12.7. The normalized spacial score (nSPS) is 15.9. The molecule has 2 aliphatic rings. The Bertz CT molecular complexity index is 3500. The molecule has 0 radical (unpaired) electrons. The Balaban J connectivity index is 0.974. The average Bonchev–Trinajstić information content (AvgIpc) is 3.94. The zero-order chi connectivity index (χ0) is 37.2. The number of hydrogen-bond donors (Lipinski definition) is 0. The maximum Gasteiger partial charge on any atom is 0.0542 e. The lowest BCUT2D eigenvalue weighted by atomic mass is 9.69. The molecule has 3 aromatic heterocycles. The highest BCUT2D eigenvalue weighted by Gasteiger charge is 2.33. The van der Waals surface area contributed by atoms with Gasteiger partial charge in [-0.15, -0.1) is 11.3 Å². The average molecular weight is 743 g/mol. The lowest BCUT2D eigenvalue weighted by Crippen LogP contribution is -2.17. The summed E-state index contributed by atoms with van der Waals surface area (Å²) in [7, 11) is 0. The summed E-state index contributed by atoms with van der Waals surface area (Å²) in [6.07, 6.45) is 9.31. The van der Waals surface area contributed by atoms with Crippen LogP contribution >= 0.6 is 11.3 Å². The van der Waals surface area contributed by atoms with Crippen LogP contribution < -0.4 is 0 Å². The zero-order valence-corrected chi connectivity index (χ0v) is 31.7. The molecular weight excluding hydrogens is 709 g/mol. The predicted molar refractivity (Wildman–Crippen MR) is 243 cm³/mol. The summed E-state index contributed by atoms with van der Waals surface area (Å²) in [5.74, 6) is 0.518. The molecular formula is C54H34N2S. The molecule has 11 aromatic rings. The largest absolute Gasteiger partial charge is 0.309 e. The maximum absolute atomic E-state index is 2.48. The van der Waals surface area contributed by atoms with Crippen molar-refractivity contribution in [1.29, 1.82) is 0 Å². The van der Waals surface area contributed by atoms with Gasteiger partial charge in [-0.3, -0.25) is 0 Å². The van der Waals surface area contributed by atoms with E-state index in [0.29, 0.717) is 0 Å². The smallest absolute Gasteiger partial charge is 0.0542 e. The van der Waals surface area contributed by atoms with E-state index in [1.54, 1.807) is 0 Å². The molecule has 57 heavy (non-hydrogen) atoms. The molecule has 0 fully saturated rings. The van der Waals surface area contributed by atoms with E-state index in [-0.39, 0.29) is 11.8 Å². The minimum absolute atomic E-state index is 0.253. The Morgan fingerprint density at radius 1 is 0.368 bits per heavy atom. The van der Waals surface area contributed by atoms with E-state index >= 15 is 0 Å². The standard InChI is InChI=1S/C54H34N2S/c1-2-13-38-37(12-1)46-30-33(36-18-11-19-45-44-17-6-10-23-53(44)57-54(36)45)24-27-39(46)40-28-25-34(31-47(38)40)56-51-22-9-5-16-43(51)48-32-35(26-29-52(48)56)55-49-20-7-3-14-41(49)42-15-4-8-21-50(42)55/h1-32,37-38H. The number of aromatic nitrogens is 2. The molecule has 0 N–H and O–H groups in total. The molecule has 2 atom stereocenters. The second-order valence-corrected chi connectivity index (χ2v) is 16.7. The van der Waals surface area contributed by atoms with Crippen molar-refractivity contribution in [2.45, 2.75) is 11.8 Å². The molecule has 266 valence electrons. The molecule has 0 bridgehead atoms. The Morgan fingerprint density at radius 2 is 0.895 bits per heavy atom. The van der Waals surface area contributed by atoms with Gasteiger partial charge in [0.15, 0.2) is 0 Å². The van der Waals surface area contributed by atoms with Crippen molar-refractivity contribution in [2.75, 3.05) is 0 Å². The van der Waals surface area contributed by atoms with Crippen molar-refractivity contribution in [2.24, 2.45) is 0 Å². The van der Waals surface area contributed by atoms with Crippen LogP contribution in [0.5, 0.6) is 0 Å². The number of thiophene rings is 1. The topological polar surface area (TPSA) is 9.86 Å². The summed E-state index contributed by atoms with van der Waals surface area (Å²) in [5, 5.41) is 7.76. The van der Waals surface area contributed by atoms with Crippen LogP contribution in [0.3, 0.4) is 0 Å². The summed E-state index contributed by atoms with van der Waals surface area (Å²) in [4.78, 5) is 0. The first-order valence-corrected chi connectivity index (χ1v) is 20.7. The van der Waals surface area contributed by atoms with E-state index in [1.807, 2.05) is 11.3 Å². The fraction of sp³-hybridized carbons (Fsp3) is 0.0370. The van der Waals surface area contributed by atoms with Gasteiger partial charge in [-0.25, -0.2) is 0 Å².